The molecule has 0 fully saturated rings. The van der Waals surface area contributed by atoms with Gasteiger partial charge in [0.15, 0.2) is 5.82 Å². The van der Waals surface area contributed by atoms with Crippen molar-refractivity contribution in [2.45, 2.75) is 33.2 Å². The number of nitrogens with one attached hydrogen (secondary N) is 1. The molecule has 0 aliphatic carbocycles. The van der Waals surface area contributed by atoms with Crippen molar-refractivity contribution in [3.05, 3.63) is 101 Å². The molecule has 162 valence electrons. The lowest BCUT2D eigenvalue weighted by Crippen LogP contribution is -2.20. The first-order chi connectivity index (χ1) is 14.9. The molecule has 4 nitrogen and oxygen atoms in total. The predicted octanol–water partition coefficient (Wildman–Crippen LogP) is 6.35. The summed E-state index contributed by atoms with van der Waals surface area (Å²) in [5, 5.41) is 3.96. The van der Waals surface area contributed by atoms with Gasteiger partial charge >= 0.3 is 0 Å². The van der Waals surface area contributed by atoms with E-state index in [0.29, 0.717) is 6.54 Å². The van der Waals surface area contributed by atoms with E-state index < -0.39 is 0 Å². The zero-order chi connectivity index (χ0) is 22.4. The minimum atomic E-state index is 0.679. The Morgan fingerprint density at radius 2 is 1.94 bits per heavy atom. The van der Waals surface area contributed by atoms with E-state index >= 15 is 0 Å². The van der Waals surface area contributed by atoms with E-state index in [2.05, 4.69) is 85.2 Å². The van der Waals surface area contributed by atoms with E-state index in [-0.39, 0.29) is 0 Å². The number of nitrogens with zero attached hydrogens (tertiary/aromatic N) is 3. The van der Waals surface area contributed by atoms with E-state index in [9.17, 15) is 0 Å². The third-order valence-corrected chi connectivity index (χ3v) is 5.53. The second-order valence-electron chi connectivity index (χ2n) is 7.82. The van der Waals surface area contributed by atoms with Crippen LogP contribution >= 0.6 is 11.6 Å². The van der Waals surface area contributed by atoms with E-state index in [4.69, 9.17) is 16.6 Å². The zero-order valence-corrected chi connectivity index (χ0v) is 19.4. The average molecular weight is 435 g/mol. The summed E-state index contributed by atoms with van der Waals surface area (Å²) in [6.45, 7) is 14.1. The van der Waals surface area contributed by atoms with Crippen LogP contribution < -0.4 is 5.32 Å². The number of hydrogen-bond acceptors (Lipinski definition) is 3. The van der Waals surface area contributed by atoms with Crippen LogP contribution in [0.2, 0.25) is 5.02 Å². The molecule has 1 heterocycles. The Labute approximate surface area is 190 Å². The highest BCUT2D eigenvalue weighted by Crippen LogP contribution is 2.29. The number of aryl methyl sites for hydroxylation is 1. The number of halogens is 1. The molecule has 0 aliphatic rings. The lowest BCUT2D eigenvalue weighted by atomic mass is 10.1. The molecule has 0 radical (unpaired) electrons. The first-order valence-electron chi connectivity index (χ1n) is 10.6. The van der Waals surface area contributed by atoms with Crippen molar-refractivity contribution in [1.29, 1.82) is 0 Å². The van der Waals surface area contributed by atoms with Gasteiger partial charge < -0.3 is 14.8 Å². The van der Waals surface area contributed by atoms with Gasteiger partial charge in [-0.3, -0.25) is 0 Å². The number of benzene rings is 2. The summed E-state index contributed by atoms with van der Waals surface area (Å²) < 4.78 is 2.26. The first kappa shape index (κ1) is 22.7. The molecule has 1 N–H and O–H groups in total. The highest BCUT2D eigenvalue weighted by atomic mass is 35.5. The Kier molecular flexibility index (Phi) is 7.59. The molecule has 1 aromatic heterocycles. The fourth-order valence-electron chi connectivity index (χ4n) is 3.72. The van der Waals surface area contributed by atoms with Crippen molar-refractivity contribution in [3.63, 3.8) is 0 Å². The maximum absolute atomic E-state index is 6.11. The molecule has 0 saturated carbocycles. The molecule has 0 amide bonds. The van der Waals surface area contributed by atoms with E-state index in [0.717, 1.165) is 53.0 Å². The summed E-state index contributed by atoms with van der Waals surface area (Å²) in [6.07, 6.45) is 3.44. The third-order valence-electron chi connectivity index (χ3n) is 5.28. The third kappa shape index (κ3) is 5.59. The van der Waals surface area contributed by atoms with Gasteiger partial charge in [-0.1, -0.05) is 73.6 Å². The SMILES string of the molecule is C=CNc1nc(Cc2cccc(C)c2)n(Cc2ccc(Cl)cc2)c1C(=C)N(C)CCC. The van der Waals surface area contributed by atoms with Crippen LogP contribution in [-0.2, 0) is 13.0 Å². The zero-order valence-electron chi connectivity index (χ0n) is 18.7. The summed E-state index contributed by atoms with van der Waals surface area (Å²) in [7, 11) is 2.07. The molecule has 3 aromatic rings. The van der Waals surface area contributed by atoms with Crippen LogP contribution in [0.4, 0.5) is 5.82 Å². The molecule has 3 rings (SSSR count). The number of hydrogen-bond donors (Lipinski definition) is 1. The fraction of sp³-hybridized carbons (Fsp3) is 0.269. The molecule has 31 heavy (non-hydrogen) atoms. The summed E-state index contributed by atoms with van der Waals surface area (Å²) in [4.78, 5) is 7.15. The van der Waals surface area contributed by atoms with Crippen LogP contribution in [0.5, 0.6) is 0 Å². The van der Waals surface area contributed by atoms with E-state index in [1.807, 2.05) is 12.1 Å². The largest absolute Gasteiger partial charge is 0.373 e. The highest BCUT2D eigenvalue weighted by Gasteiger charge is 2.21. The van der Waals surface area contributed by atoms with Crippen LogP contribution in [0.25, 0.3) is 5.70 Å². The minimum Gasteiger partial charge on any atom is -0.373 e. The van der Waals surface area contributed by atoms with Gasteiger partial charge in [-0.2, -0.15) is 0 Å². The van der Waals surface area contributed by atoms with Crippen molar-refractivity contribution in [3.8, 4) is 0 Å². The van der Waals surface area contributed by atoms with Crippen molar-refractivity contribution in [2.75, 3.05) is 18.9 Å². The van der Waals surface area contributed by atoms with Gasteiger partial charge in [-0.25, -0.2) is 4.98 Å². The van der Waals surface area contributed by atoms with Gasteiger partial charge in [-0.15, -0.1) is 0 Å². The second-order valence-corrected chi connectivity index (χ2v) is 8.26. The Balaban J connectivity index is 2.11. The number of imidazole rings is 1. The number of rotatable bonds is 10. The van der Waals surface area contributed by atoms with Crippen LogP contribution in [0.1, 0.15) is 41.6 Å². The standard InChI is InChI=1S/C26H31ClN4/c1-6-15-30(5)20(4)25-26(28-7-2)29-24(17-22-10-8-9-19(3)16-22)31(25)18-21-11-13-23(27)14-12-21/h7-14,16,28H,2,4,6,15,17-18H2,1,3,5H3. The minimum absolute atomic E-state index is 0.679. The molecular formula is C26H31ClN4. The monoisotopic (exact) mass is 434 g/mol. The molecule has 0 bridgehead atoms. The van der Waals surface area contributed by atoms with Crippen molar-refractivity contribution >= 4 is 23.1 Å². The first-order valence-corrected chi connectivity index (χ1v) is 11.0. The molecule has 5 heteroatoms. The van der Waals surface area contributed by atoms with Crippen molar-refractivity contribution < 1.29 is 0 Å². The Morgan fingerprint density at radius 1 is 1.19 bits per heavy atom. The quantitative estimate of drug-likeness (QED) is 0.403. The van der Waals surface area contributed by atoms with Gasteiger partial charge in [0.1, 0.15) is 11.5 Å². The van der Waals surface area contributed by atoms with Gasteiger partial charge in [0.2, 0.25) is 0 Å². The lowest BCUT2D eigenvalue weighted by Gasteiger charge is -2.23. The van der Waals surface area contributed by atoms with Gasteiger partial charge in [0.05, 0.1) is 5.70 Å². The second kappa shape index (κ2) is 10.4. The lowest BCUT2D eigenvalue weighted by molar-refractivity contribution is 0.473. The smallest absolute Gasteiger partial charge is 0.158 e. The molecule has 0 unspecified atom stereocenters. The Hall–Kier alpha value is -2.98. The average Bonchev–Trinajstić information content (AvgIpc) is 3.06. The summed E-state index contributed by atoms with van der Waals surface area (Å²) in [6, 6.07) is 16.5. The molecule has 0 saturated heterocycles. The maximum atomic E-state index is 6.11. The molecule has 0 aliphatic heterocycles. The van der Waals surface area contributed by atoms with Crippen LogP contribution in [0, 0.1) is 6.92 Å². The van der Waals surface area contributed by atoms with E-state index in [1.165, 1.54) is 11.1 Å². The topological polar surface area (TPSA) is 33.1 Å². The molecule has 0 atom stereocenters. The van der Waals surface area contributed by atoms with Gasteiger partial charge in [0, 0.05) is 31.6 Å². The van der Waals surface area contributed by atoms with Crippen LogP contribution in [0.15, 0.2) is 67.9 Å². The molecule has 2 aromatic carbocycles. The van der Waals surface area contributed by atoms with Crippen molar-refractivity contribution in [1.82, 2.24) is 14.5 Å². The van der Waals surface area contributed by atoms with Crippen LogP contribution in [-0.4, -0.2) is 28.0 Å². The van der Waals surface area contributed by atoms with Crippen LogP contribution in [0.3, 0.4) is 0 Å². The number of aromatic nitrogens is 2. The highest BCUT2D eigenvalue weighted by molar-refractivity contribution is 6.30. The number of anilines is 1. The molecular weight excluding hydrogens is 404 g/mol. The fourth-order valence-corrected chi connectivity index (χ4v) is 3.85. The molecule has 0 spiro atoms. The Bertz CT molecular complexity index is 1050. The summed E-state index contributed by atoms with van der Waals surface area (Å²) in [5.41, 5.74) is 5.54. The maximum Gasteiger partial charge on any atom is 0.158 e. The van der Waals surface area contributed by atoms with Crippen molar-refractivity contribution in [2.24, 2.45) is 0 Å². The van der Waals surface area contributed by atoms with E-state index in [1.54, 1.807) is 6.20 Å². The normalized spacial score (nSPS) is 10.7. The summed E-state index contributed by atoms with van der Waals surface area (Å²) in [5.74, 6) is 1.76. The Morgan fingerprint density at radius 3 is 2.58 bits per heavy atom. The van der Waals surface area contributed by atoms with Gasteiger partial charge in [-0.05, 0) is 42.8 Å². The summed E-state index contributed by atoms with van der Waals surface area (Å²) >= 11 is 6.11. The predicted molar refractivity (Wildman–Crippen MR) is 133 cm³/mol. The van der Waals surface area contributed by atoms with Gasteiger partial charge in [0.25, 0.3) is 0 Å².